The van der Waals surface area contributed by atoms with Gasteiger partial charge in [-0.05, 0) is 33.1 Å². The third-order valence-corrected chi connectivity index (χ3v) is 3.51. The molecule has 0 aromatic rings. The molecule has 0 aromatic carbocycles. The molecule has 1 saturated carbocycles. The summed E-state index contributed by atoms with van der Waals surface area (Å²) in [4.78, 5) is 23.3. The molecular formula is C13H20F3NO3. The predicted octanol–water partition coefficient (Wildman–Crippen LogP) is 2.42. The maximum Gasteiger partial charge on any atom is 0.391 e. The minimum atomic E-state index is -4.26. The average Bonchev–Trinajstić information content (AvgIpc) is 2.38. The fraction of sp³-hybridized carbons (Fsp3) is 0.846. The highest BCUT2D eigenvalue weighted by atomic mass is 19.4. The molecule has 1 aliphatic rings. The Labute approximate surface area is 116 Å². The number of carbonyl (C=O) groups is 2. The monoisotopic (exact) mass is 295 g/mol. The molecule has 0 bridgehead atoms. The van der Waals surface area contributed by atoms with Crippen LogP contribution in [0.15, 0.2) is 0 Å². The number of halogens is 3. The van der Waals surface area contributed by atoms with Crippen molar-refractivity contribution in [1.29, 1.82) is 0 Å². The second kappa shape index (κ2) is 6.95. The Morgan fingerprint density at radius 2 is 2.00 bits per heavy atom. The van der Waals surface area contributed by atoms with Gasteiger partial charge in [-0.3, -0.25) is 4.79 Å². The van der Waals surface area contributed by atoms with Gasteiger partial charge in [-0.1, -0.05) is 6.42 Å². The number of carbonyl (C=O) groups excluding carboxylic acids is 2. The van der Waals surface area contributed by atoms with Crippen molar-refractivity contribution in [2.75, 3.05) is 6.61 Å². The van der Waals surface area contributed by atoms with Crippen LogP contribution >= 0.6 is 0 Å². The Bertz CT molecular complexity index is 357. The Morgan fingerprint density at radius 3 is 2.55 bits per heavy atom. The van der Waals surface area contributed by atoms with E-state index in [1.54, 1.807) is 6.92 Å². The second-order valence-electron chi connectivity index (χ2n) is 5.08. The minimum Gasteiger partial charge on any atom is -0.464 e. The molecule has 20 heavy (non-hydrogen) atoms. The number of nitrogens with one attached hydrogen (secondary N) is 1. The molecule has 0 aliphatic heterocycles. The predicted molar refractivity (Wildman–Crippen MR) is 65.7 cm³/mol. The van der Waals surface area contributed by atoms with Gasteiger partial charge in [0.05, 0.1) is 12.5 Å². The van der Waals surface area contributed by atoms with E-state index < -0.39 is 35.9 Å². The van der Waals surface area contributed by atoms with Gasteiger partial charge in [-0.15, -0.1) is 0 Å². The lowest BCUT2D eigenvalue weighted by Gasteiger charge is -2.30. The van der Waals surface area contributed by atoms with Crippen molar-refractivity contribution >= 4 is 11.9 Å². The van der Waals surface area contributed by atoms with Gasteiger partial charge in [0.25, 0.3) is 0 Å². The van der Waals surface area contributed by atoms with E-state index >= 15 is 0 Å². The van der Waals surface area contributed by atoms with E-state index in [2.05, 4.69) is 5.32 Å². The summed E-state index contributed by atoms with van der Waals surface area (Å²) in [6.45, 7) is 3.29. The lowest BCUT2D eigenvalue weighted by Crippen LogP contribution is -2.44. The lowest BCUT2D eigenvalue weighted by molar-refractivity contribution is -0.186. The summed E-state index contributed by atoms with van der Waals surface area (Å²) in [7, 11) is 0. The Morgan fingerprint density at radius 1 is 1.35 bits per heavy atom. The number of hydrogen-bond acceptors (Lipinski definition) is 3. The molecule has 1 amide bonds. The fourth-order valence-corrected chi connectivity index (χ4v) is 2.38. The molecule has 0 radical (unpaired) electrons. The zero-order chi connectivity index (χ0) is 15.3. The van der Waals surface area contributed by atoms with Crippen LogP contribution in [0, 0.1) is 11.8 Å². The van der Waals surface area contributed by atoms with Crippen molar-refractivity contribution in [1.82, 2.24) is 5.32 Å². The molecule has 7 heteroatoms. The van der Waals surface area contributed by atoms with E-state index in [0.29, 0.717) is 12.8 Å². The first-order chi connectivity index (χ1) is 9.25. The van der Waals surface area contributed by atoms with Gasteiger partial charge in [0.15, 0.2) is 0 Å². The Kier molecular flexibility index (Phi) is 5.83. The molecule has 0 saturated heterocycles. The Balaban J connectivity index is 2.53. The van der Waals surface area contributed by atoms with Crippen molar-refractivity contribution in [3.05, 3.63) is 0 Å². The summed E-state index contributed by atoms with van der Waals surface area (Å²) in [5.41, 5.74) is 0. The molecule has 3 unspecified atom stereocenters. The van der Waals surface area contributed by atoms with E-state index in [1.807, 2.05) is 0 Å². The van der Waals surface area contributed by atoms with Crippen molar-refractivity contribution in [3.63, 3.8) is 0 Å². The van der Waals surface area contributed by atoms with Crippen LogP contribution in [0.2, 0.25) is 0 Å². The molecule has 1 N–H and O–H groups in total. The van der Waals surface area contributed by atoms with Gasteiger partial charge in [0.1, 0.15) is 6.04 Å². The molecule has 1 aliphatic carbocycles. The van der Waals surface area contributed by atoms with Gasteiger partial charge in [0, 0.05) is 5.92 Å². The lowest BCUT2D eigenvalue weighted by atomic mass is 9.80. The highest BCUT2D eigenvalue weighted by molar-refractivity contribution is 5.85. The molecule has 4 nitrogen and oxygen atoms in total. The normalized spacial score (nSPS) is 24.9. The van der Waals surface area contributed by atoms with Crippen LogP contribution in [0.25, 0.3) is 0 Å². The smallest absolute Gasteiger partial charge is 0.391 e. The van der Waals surface area contributed by atoms with Gasteiger partial charge in [-0.25, -0.2) is 4.79 Å². The van der Waals surface area contributed by atoms with Crippen molar-refractivity contribution in [2.24, 2.45) is 11.8 Å². The van der Waals surface area contributed by atoms with Gasteiger partial charge < -0.3 is 10.1 Å². The first-order valence-corrected chi connectivity index (χ1v) is 6.79. The number of hydrogen-bond donors (Lipinski definition) is 1. The van der Waals surface area contributed by atoms with E-state index in [9.17, 15) is 22.8 Å². The topological polar surface area (TPSA) is 55.4 Å². The molecular weight excluding hydrogens is 275 g/mol. The van der Waals surface area contributed by atoms with Crippen LogP contribution in [-0.4, -0.2) is 30.7 Å². The number of amides is 1. The highest BCUT2D eigenvalue weighted by Crippen LogP contribution is 2.39. The molecule has 1 rings (SSSR count). The first-order valence-electron chi connectivity index (χ1n) is 6.79. The first kappa shape index (κ1) is 16.8. The van der Waals surface area contributed by atoms with E-state index in [1.165, 1.54) is 6.92 Å². The zero-order valence-electron chi connectivity index (χ0n) is 11.6. The number of rotatable bonds is 4. The van der Waals surface area contributed by atoms with E-state index in [0.717, 1.165) is 0 Å². The summed E-state index contributed by atoms with van der Waals surface area (Å²) in [6, 6.07) is -0.839. The van der Waals surface area contributed by atoms with Crippen molar-refractivity contribution in [2.45, 2.75) is 51.7 Å². The van der Waals surface area contributed by atoms with Crippen molar-refractivity contribution in [3.8, 4) is 0 Å². The van der Waals surface area contributed by atoms with E-state index in [-0.39, 0.29) is 19.4 Å². The minimum absolute atomic E-state index is 0.0701. The average molecular weight is 295 g/mol. The van der Waals surface area contributed by atoms with Gasteiger partial charge in [-0.2, -0.15) is 13.2 Å². The zero-order valence-corrected chi connectivity index (χ0v) is 11.6. The van der Waals surface area contributed by atoms with Crippen LogP contribution in [-0.2, 0) is 14.3 Å². The molecule has 116 valence electrons. The third-order valence-electron chi connectivity index (χ3n) is 3.51. The quantitative estimate of drug-likeness (QED) is 0.810. The number of ether oxygens (including phenoxy) is 1. The third kappa shape index (κ3) is 4.68. The van der Waals surface area contributed by atoms with Crippen molar-refractivity contribution < 1.29 is 27.5 Å². The van der Waals surface area contributed by atoms with Crippen LogP contribution < -0.4 is 5.32 Å². The van der Waals surface area contributed by atoms with Gasteiger partial charge in [0.2, 0.25) is 5.91 Å². The standard InChI is InChI=1S/C13H20F3NO3/c1-3-20-12(19)8(2)17-11(18)9-5-4-6-10(7-9)13(14,15)16/h8-10H,3-7H2,1-2H3,(H,17,18). The summed E-state index contributed by atoms with van der Waals surface area (Å²) in [5.74, 6) is -3.19. The number of alkyl halides is 3. The van der Waals surface area contributed by atoms with Gasteiger partial charge >= 0.3 is 12.1 Å². The van der Waals surface area contributed by atoms with Crippen LogP contribution in [0.1, 0.15) is 39.5 Å². The summed E-state index contributed by atoms with van der Waals surface area (Å²) in [6.07, 6.45) is -3.60. The SMILES string of the molecule is CCOC(=O)C(C)NC(=O)C1CCCC(C(F)(F)F)C1. The maximum absolute atomic E-state index is 12.7. The van der Waals surface area contributed by atoms with Crippen LogP contribution in [0.3, 0.4) is 0 Å². The summed E-state index contributed by atoms with van der Waals surface area (Å²) >= 11 is 0. The molecule has 1 fully saturated rings. The van der Waals surface area contributed by atoms with Crippen LogP contribution in [0.5, 0.6) is 0 Å². The molecule has 0 aromatic heterocycles. The maximum atomic E-state index is 12.7. The highest BCUT2D eigenvalue weighted by Gasteiger charge is 2.43. The fourth-order valence-electron chi connectivity index (χ4n) is 2.38. The van der Waals surface area contributed by atoms with E-state index in [4.69, 9.17) is 4.74 Å². The summed E-state index contributed by atoms with van der Waals surface area (Å²) < 4.78 is 42.7. The Hall–Kier alpha value is -1.27. The largest absolute Gasteiger partial charge is 0.464 e. The number of esters is 1. The second-order valence-corrected chi connectivity index (χ2v) is 5.08. The van der Waals surface area contributed by atoms with Crippen LogP contribution in [0.4, 0.5) is 13.2 Å². The molecule has 0 heterocycles. The molecule has 0 spiro atoms. The summed E-state index contributed by atoms with van der Waals surface area (Å²) in [5, 5.41) is 2.43. The molecule has 3 atom stereocenters.